The number of aliphatic carboxylic acids is 1. The van der Waals surface area contributed by atoms with Gasteiger partial charge in [0, 0.05) is 10.0 Å². The van der Waals surface area contributed by atoms with E-state index in [4.69, 9.17) is 4.74 Å². The smallest absolute Gasteiger partial charge is 0.310 e. The van der Waals surface area contributed by atoms with Gasteiger partial charge >= 0.3 is 5.97 Å². The van der Waals surface area contributed by atoms with Gasteiger partial charge in [-0.1, -0.05) is 28.1 Å². The maximum Gasteiger partial charge on any atom is 0.310 e. The first-order chi connectivity index (χ1) is 8.54. The molecule has 0 radical (unpaired) electrons. The van der Waals surface area contributed by atoms with Crippen LogP contribution in [0.2, 0.25) is 0 Å². The lowest BCUT2D eigenvalue weighted by molar-refractivity contribution is -0.138. The molecular formula is C14H13BrO3. The van der Waals surface area contributed by atoms with Gasteiger partial charge in [0.15, 0.2) is 0 Å². The molecule has 1 unspecified atom stereocenters. The molecule has 0 fully saturated rings. The number of methoxy groups -OCH3 is 1. The zero-order valence-corrected chi connectivity index (χ0v) is 11.7. The number of rotatable bonds is 3. The Morgan fingerprint density at radius 1 is 1.33 bits per heavy atom. The second kappa shape index (κ2) is 4.98. The zero-order chi connectivity index (χ0) is 13.3. The molecule has 0 spiro atoms. The molecule has 18 heavy (non-hydrogen) atoms. The van der Waals surface area contributed by atoms with Crippen molar-refractivity contribution < 1.29 is 14.6 Å². The van der Waals surface area contributed by atoms with Crippen molar-refractivity contribution in [1.29, 1.82) is 0 Å². The van der Waals surface area contributed by atoms with Gasteiger partial charge in [-0.2, -0.15) is 0 Å². The van der Waals surface area contributed by atoms with E-state index in [9.17, 15) is 9.90 Å². The average Bonchev–Trinajstić information content (AvgIpc) is 2.36. The van der Waals surface area contributed by atoms with E-state index in [0.29, 0.717) is 5.75 Å². The Labute approximate surface area is 114 Å². The van der Waals surface area contributed by atoms with Crippen LogP contribution in [0.3, 0.4) is 0 Å². The third kappa shape index (κ3) is 2.20. The van der Waals surface area contributed by atoms with Crippen molar-refractivity contribution in [3.05, 3.63) is 40.4 Å². The molecule has 94 valence electrons. The average molecular weight is 309 g/mol. The summed E-state index contributed by atoms with van der Waals surface area (Å²) in [6.45, 7) is 1.67. The van der Waals surface area contributed by atoms with Gasteiger partial charge in [-0.25, -0.2) is 0 Å². The Kier molecular flexibility index (Phi) is 3.57. The minimum atomic E-state index is -0.858. The number of ether oxygens (including phenoxy) is 1. The standard InChI is InChI=1S/C14H13BrO3/c1-8(14(16)17)13-11-5-4-10(15)7-9(11)3-6-12(13)18-2/h3-8H,1-2H3,(H,16,17). The molecule has 0 aliphatic carbocycles. The molecular weight excluding hydrogens is 296 g/mol. The monoisotopic (exact) mass is 308 g/mol. The Hall–Kier alpha value is -1.55. The van der Waals surface area contributed by atoms with Crippen molar-refractivity contribution in [2.45, 2.75) is 12.8 Å². The van der Waals surface area contributed by atoms with Crippen LogP contribution in [0.25, 0.3) is 10.8 Å². The predicted molar refractivity (Wildman–Crippen MR) is 74.3 cm³/mol. The summed E-state index contributed by atoms with van der Waals surface area (Å²) >= 11 is 3.41. The molecule has 2 aromatic rings. The second-order valence-corrected chi connectivity index (χ2v) is 5.02. The SMILES string of the molecule is COc1ccc2cc(Br)ccc2c1C(C)C(=O)O. The van der Waals surface area contributed by atoms with Crippen LogP contribution in [0.5, 0.6) is 5.75 Å². The quantitative estimate of drug-likeness (QED) is 0.938. The Morgan fingerprint density at radius 3 is 2.67 bits per heavy atom. The number of benzene rings is 2. The molecule has 0 amide bonds. The van der Waals surface area contributed by atoms with Gasteiger partial charge in [0.1, 0.15) is 5.75 Å². The number of hydrogen-bond donors (Lipinski definition) is 1. The molecule has 1 N–H and O–H groups in total. The topological polar surface area (TPSA) is 46.5 Å². The van der Waals surface area contributed by atoms with E-state index in [1.807, 2.05) is 30.3 Å². The lowest BCUT2D eigenvalue weighted by atomic mass is 9.94. The molecule has 0 aliphatic rings. The lowest BCUT2D eigenvalue weighted by Gasteiger charge is -2.15. The minimum absolute atomic E-state index is 0.607. The Bertz CT molecular complexity index is 607. The maximum atomic E-state index is 11.2. The summed E-state index contributed by atoms with van der Waals surface area (Å²) < 4.78 is 6.25. The fourth-order valence-electron chi connectivity index (χ4n) is 2.05. The van der Waals surface area contributed by atoms with Gasteiger partial charge in [-0.05, 0) is 35.9 Å². The normalized spacial score (nSPS) is 12.4. The van der Waals surface area contributed by atoms with Crippen molar-refractivity contribution in [2.75, 3.05) is 7.11 Å². The van der Waals surface area contributed by atoms with Crippen molar-refractivity contribution in [2.24, 2.45) is 0 Å². The number of fused-ring (bicyclic) bond motifs is 1. The predicted octanol–water partition coefficient (Wildman–Crippen LogP) is 3.80. The van der Waals surface area contributed by atoms with E-state index in [-0.39, 0.29) is 0 Å². The molecule has 0 saturated heterocycles. The molecule has 3 nitrogen and oxygen atoms in total. The van der Waals surface area contributed by atoms with Crippen LogP contribution in [0.15, 0.2) is 34.8 Å². The Morgan fingerprint density at radius 2 is 2.06 bits per heavy atom. The van der Waals surface area contributed by atoms with Gasteiger partial charge in [0.25, 0.3) is 0 Å². The summed E-state index contributed by atoms with van der Waals surface area (Å²) in [6, 6.07) is 9.52. The summed E-state index contributed by atoms with van der Waals surface area (Å²) in [5.41, 5.74) is 0.718. The Balaban J connectivity index is 2.77. The van der Waals surface area contributed by atoms with Crippen molar-refractivity contribution in [1.82, 2.24) is 0 Å². The minimum Gasteiger partial charge on any atom is -0.496 e. The maximum absolute atomic E-state index is 11.2. The number of carboxylic acid groups (broad SMARTS) is 1. The summed E-state index contributed by atoms with van der Waals surface area (Å²) in [4.78, 5) is 11.2. The highest BCUT2D eigenvalue weighted by molar-refractivity contribution is 9.10. The van der Waals surface area contributed by atoms with E-state index in [2.05, 4.69) is 15.9 Å². The van der Waals surface area contributed by atoms with Crippen molar-refractivity contribution >= 4 is 32.7 Å². The summed E-state index contributed by atoms with van der Waals surface area (Å²) in [5, 5.41) is 11.1. The number of halogens is 1. The van der Waals surface area contributed by atoms with Gasteiger partial charge in [-0.15, -0.1) is 0 Å². The van der Waals surface area contributed by atoms with E-state index >= 15 is 0 Å². The third-order valence-corrected chi connectivity index (χ3v) is 3.50. The molecule has 0 heterocycles. The van der Waals surface area contributed by atoms with Gasteiger partial charge in [0.05, 0.1) is 13.0 Å². The van der Waals surface area contributed by atoms with Crippen LogP contribution < -0.4 is 4.74 Å². The van der Waals surface area contributed by atoms with Crippen molar-refractivity contribution in [3.8, 4) is 5.75 Å². The molecule has 2 aromatic carbocycles. The molecule has 0 bridgehead atoms. The molecule has 4 heteroatoms. The highest BCUT2D eigenvalue weighted by Crippen LogP contribution is 2.35. The van der Waals surface area contributed by atoms with Gasteiger partial charge in [0.2, 0.25) is 0 Å². The first kappa shape index (κ1) is 12.9. The largest absolute Gasteiger partial charge is 0.496 e. The fourth-order valence-corrected chi connectivity index (χ4v) is 2.43. The highest BCUT2D eigenvalue weighted by atomic mass is 79.9. The van der Waals surface area contributed by atoms with Gasteiger partial charge in [-0.3, -0.25) is 4.79 Å². The first-order valence-corrected chi connectivity index (χ1v) is 6.33. The lowest BCUT2D eigenvalue weighted by Crippen LogP contribution is -2.09. The molecule has 1 atom stereocenters. The van der Waals surface area contributed by atoms with Gasteiger partial charge < -0.3 is 9.84 Å². The number of hydrogen-bond acceptors (Lipinski definition) is 2. The van der Waals surface area contributed by atoms with Crippen LogP contribution in [-0.2, 0) is 4.79 Å². The van der Waals surface area contributed by atoms with Crippen LogP contribution in [0, 0.1) is 0 Å². The first-order valence-electron chi connectivity index (χ1n) is 5.53. The van der Waals surface area contributed by atoms with Crippen LogP contribution in [0.4, 0.5) is 0 Å². The van der Waals surface area contributed by atoms with Crippen molar-refractivity contribution in [3.63, 3.8) is 0 Å². The third-order valence-electron chi connectivity index (χ3n) is 3.01. The van der Waals surface area contributed by atoms with Crippen LogP contribution in [-0.4, -0.2) is 18.2 Å². The summed E-state index contributed by atoms with van der Waals surface area (Å²) in [7, 11) is 1.55. The number of carbonyl (C=O) groups is 1. The molecule has 2 rings (SSSR count). The fraction of sp³-hybridized carbons (Fsp3) is 0.214. The highest BCUT2D eigenvalue weighted by Gasteiger charge is 2.21. The van der Waals surface area contributed by atoms with E-state index in [1.54, 1.807) is 14.0 Å². The summed E-state index contributed by atoms with van der Waals surface area (Å²) in [6.07, 6.45) is 0. The van der Waals surface area contributed by atoms with E-state index in [1.165, 1.54) is 0 Å². The van der Waals surface area contributed by atoms with Crippen LogP contribution >= 0.6 is 15.9 Å². The molecule has 0 saturated carbocycles. The zero-order valence-electron chi connectivity index (χ0n) is 10.1. The summed E-state index contributed by atoms with van der Waals surface area (Å²) in [5.74, 6) is -0.853. The van der Waals surface area contributed by atoms with E-state index < -0.39 is 11.9 Å². The number of carboxylic acids is 1. The molecule has 0 aromatic heterocycles. The van der Waals surface area contributed by atoms with E-state index in [0.717, 1.165) is 20.8 Å². The molecule has 0 aliphatic heterocycles. The second-order valence-electron chi connectivity index (χ2n) is 4.11. The van der Waals surface area contributed by atoms with Crippen LogP contribution in [0.1, 0.15) is 18.4 Å².